The molecular formula is C22H18BrF2N3O2. The molecule has 0 fully saturated rings. The number of hydrogen-bond donors (Lipinski definition) is 0. The van der Waals surface area contributed by atoms with Gasteiger partial charge in [-0.15, -0.1) is 0 Å². The van der Waals surface area contributed by atoms with Gasteiger partial charge in [0.25, 0.3) is 5.91 Å². The number of anilines is 3. The van der Waals surface area contributed by atoms with Gasteiger partial charge in [0.2, 0.25) is 5.88 Å². The van der Waals surface area contributed by atoms with E-state index in [9.17, 15) is 13.6 Å². The first-order valence-electron chi connectivity index (χ1n) is 9.16. The van der Waals surface area contributed by atoms with Crippen LogP contribution in [0.4, 0.5) is 25.8 Å². The Balaban J connectivity index is 1.90. The predicted molar refractivity (Wildman–Crippen MR) is 115 cm³/mol. The Kier molecular flexibility index (Phi) is 5.19. The summed E-state index contributed by atoms with van der Waals surface area (Å²) in [7, 11) is 1.52. The van der Waals surface area contributed by atoms with Crippen LogP contribution in [0.15, 0.2) is 46.9 Å². The van der Waals surface area contributed by atoms with Crippen molar-refractivity contribution in [3.8, 4) is 5.88 Å². The minimum absolute atomic E-state index is 0.119. The summed E-state index contributed by atoms with van der Waals surface area (Å²) < 4.78 is 33.4. The number of fused-ring (bicyclic) bond motifs is 1. The number of halogens is 3. The van der Waals surface area contributed by atoms with E-state index < -0.39 is 5.82 Å². The zero-order valence-electron chi connectivity index (χ0n) is 16.5. The van der Waals surface area contributed by atoms with Crippen molar-refractivity contribution in [2.45, 2.75) is 13.8 Å². The van der Waals surface area contributed by atoms with Crippen LogP contribution < -0.4 is 14.5 Å². The van der Waals surface area contributed by atoms with Crippen LogP contribution in [-0.4, -0.2) is 24.7 Å². The summed E-state index contributed by atoms with van der Waals surface area (Å²) in [6.45, 7) is 3.68. The third-order valence-electron chi connectivity index (χ3n) is 5.07. The number of pyridine rings is 1. The van der Waals surface area contributed by atoms with Gasteiger partial charge in [0, 0.05) is 11.8 Å². The average Bonchev–Trinajstić information content (AvgIpc) is 2.71. The van der Waals surface area contributed by atoms with Crippen LogP contribution in [0.2, 0.25) is 0 Å². The number of carbonyl (C=O) groups is 1. The van der Waals surface area contributed by atoms with E-state index in [4.69, 9.17) is 4.74 Å². The lowest BCUT2D eigenvalue weighted by molar-refractivity contribution is 0.0983. The first-order valence-corrected chi connectivity index (χ1v) is 9.95. The zero-order valence-corrected chi connectivity index (χ0v) is 18.1. The van der Waals surface area contributed by atoms with Crippen molar-refractivity contribution >= 4 is 38.9 Å². The van der Waals surface area contributed by atoms with Crippen LogP contribution in [0, 0.1) is 25.5 Å². The monoisotopic (exact) mass is 473 g/mol. The van der Waals surface area contributed by atoms with Gasteiger partial charge in [0.1, 0.15) is 18.3 Å². The molecule has 2 aromatic carbocycles. The Bertz CT molecular complexity index is 1170. The molecule has 0 spiro atoms. The van der Waals surface area contributed by atoms with E-state index in [0.717, 1.165) is 0 Å². The highest BCUT2D eigenvalue weighted by Gasteiger charge is 2.33. The van der Waals surface area contributed by atoms with Crippen molar-refractivity contribution in [2.24, 2.45) is 0 Å². The standard InChI is InChI=1S/C22H18BrF2N3O2/c1-12-8-14(24)4-5-18(12)27-11-28(19-6-7-21(30-3)26-13(19)2)22(29)15-9-16(23)17(25)10-20(15)27/h4-10H,11H2,1-3H3. The molecule has 1 amide bonds. The van der Waals surface area contributed by atoms with Gasteiger partial charge in [-0.2, -0.15) is 0 Å². The molecule has 4 rings (SSSR count). The molecule has 5 nitrogen and oxygen atoms in total. The lowest BCUT2D eigenvalue weighted by atomic mass is 10.0. The Labute approximate surface area is 181 Å². The molecule has 0 atom stereocenters. The smallest absolute Gasteiger partial charge is 0.261 e. The second kappa shape index (κ2) is 7.68. The highest BCUT2D eigenvalue weighted by atomic mass is 79.9. The summed E-state index contributed by atoms with van der Waals surface area (Å²) in [6.07, 6.45) is 0. The Morgan fingerprint density at radius 3 is 2.40 bits per heavy atom. The van der Waals surface area contributed by atoms with Crippen molar-refractivity contribution in [1.29, 1.82) is 0 Å². The Hall–Kier alpha value is -3.00. The molecule has 0 bridgehead atoms. The number of carbonyl (C=O) groups excluding carboxylic acids is 1. The topological polar surface area (TPSA) is 45.7 Å². The van der Waals surface area contributed by atoms with Crippen LogP contribution >= 0.6 is 15.9 Å². The van der Waals surface area contributed by atoms with Crippen molar-refractivity contribution in [1.82, 2.24) is 4.98 Å². The summed E-state index contributed by atoms with van der Waals surface area (Å²) in [5.74, 6) is -0.686. The molecule has 1 aliphatic heterocycles. The van der Waals surface area contributed by atoms with Crippen LogP contribution in [0.5, 0.6) is 5.88 Å². The molecule has 30 heavy (non-hydrogen) atoms. The van der Waals surface area contributed by atoms with Crippen LogP contribution in [0.1, 0.15) is 21.6 Å². The van der Waals surface area contributed by atoms with Gasteiger partial charge >= 0.3 is 0 Å². The van der Waals surface area contributed by atoms with Gasteiger partial charge in [-0.1, -0.05) is 0 Å². The molecule has 3 aromatic rings. The molecule has 0 saturated heterocycles. The largest absolute Gasteiger partial charge is 0.481 e. The SMILES string of the molecule is COc1ccc(N2CN(c3ccc(F)cc3C)c3cc(F)c(Br)cc3C2=O)c(C)n1. The van der Waals surface area contributed by atoms with Crippen LogP contribution in [-0.2, 0) is 0 Å². The number of hydrogen-bond acceptors (Lipinski definition) is 4. The lowest BCUT2D eigenvalue weighted by Gasteiger charge is -2.39. The maximum absolute atomic E-state index is 14.4. The molecule has 0 unspecified atom stereocenters. The van der Waals surface area contributed by atoms with Crippen molar-refractivity contribution in [2.75, 3.05) is 23.6 Å². The number of nitrogens with zero attached hydrogens (tertiary/aromatic N) is 3. The summed E-state index contributed by atoms with van der Waals surface area (Å²) in [6, 6.07) is 10.6. The minimum atomic E-state index is -0.484. The number of rotatable bonds is 3. The van der Waals surface area contributed by atoms with Gasteiger partial charge in [0.05, 0.1) is 34.2 Å². The maximum atomic E-state index is 14.4. The molecule has 1 aromatic heterocycles. The van der Waals surface area contributed by atoms with Crippen LogP contribution in [0.3, 0.4) is 0 Å². The van der Waals surface area contributed by atoms with E-state index in [2.05, 4.69) is 20.9 Å². The maximum Gasteiger partial charge on any atom is 0.261 e. The summed E-state index contributed by atoms with van der Waals surface area (Å²) in [5.41, 5.74) is 3.32. The minimum Gasteiger partial charge on any atom is -0.481 e. The Morgan fingerprint density at radius 2 is 1.73 bits per heavy atom. The van der Waals surface area contributed by atoms with Crippen molar-refractivity contribution in [3.63, 3.8) is 0 Å². The third-order valence-corrected chi connectivity index (χ3v) is 5.68. The van der Waals surface area contributed by atoms with Crippen molar-refractivity contribution in [3.05, 3.63) is 75.4 Å². The van der Waals surface area contributed by atoms with Gasteiger partial charge in [0.15, 0.2) is 0 Å². The fourth-order valence-electron chi connectivity index (χ4n) is 3.60. The van der Waals surface area contributed by atoms with E-state index in [-0.39, 0.29) is 22.9 Å². The number of aromatic nitrogens is 1. The number of methoxy groups -OCH3 is 1. The van der Waals surface area contributed by atoms with E-state index in [0.29, 0.717) is 39.8 Å². The molecule has 1 aliphatic rings. The Morgan fingerprint density at radius 1 is 1.00 bits per heavy atom. The molecule has 0 saturated carbocycles. The molecular weight excluding hydrogens is 456 g/mol. The summed E-state index contributed by atoms with van der Waals surface area (Å²) in [5, 5.41) is 0. The highest BCUT2D eigenvalue weighted by molar-refractivity contribution is 9.10. The van der Waals surface area contributed by atoms with E-state index in [1.54, 1.807) is 41.8 Å². The number of benzene rings is 2. The van der Waals surface area contributed by atoms with Gasteiger partial charge in [-0.3, -0.25) is 9.69 Å². The summed E-state index contributed by atoms with van der Waals surface area (Å²) >= 11 is 3.17. The fourth-order valence-corrected chi connectivity index (χ4v) is 3.94. The first kappa shape index (κ1) is 20.3. The predicted octanol–water partition coefficient (Wildman–Crippen LogP) is 5.50. The normalized spacial score (nSPS) is 13.5. The quantitative estimate of drug-likeness (QED) is 0.503. The second-order valence-corrected chi connectivity index (χ2v) is 7.83. The molecule has 8 heteroatoms. The zero-order chi connectivity index (χ0) is 21.6. The summed E-state index contributed by atoms with van der Waals surface area (Å²) in [4.78, 5) is 21.1. The van der Waals surface area contributed by atoms with Gasteiger partial charge in [-0.25, -0.2) is 13.8 Å². The van der Waals surface area contributed by atoms with E-state index in [1.807, 2.05) is 0 Å². The van der Waals surface area contributed by atoms with Crippen LogP contribution in [0.25, 0.3) is 0 Å². The second-order valence-electron chi connectivity index (χ2n) is 6.98. The fraction of sp³-hybridized carbons (Fsp3) is 0.182. The average molecular weight is 474 g/mol. The molecule has 0 N–H and O–H groups in total. The van der Waals surface area contributed by atoms with Gasteiger partial charge < -0.3 is 9.64 Å². The van der Waals surface area contributed by atoms with Gasteiger partial charge in [-0.05, 0) is 71.7 Å². The number of amides is 1. The molecule has 0 aliphatic carbocycles. The molecule has 0 radical (unpaired) electrons. The number of aryl methyl sites for hydroxylation is 2. The van der Waals surface area contributed by atoms with E-state index >= 15 is 0 Å². The molecule has 2 heterocycles. The first-order chi connectivity index (χ1) is 14.3. The molecule has 154 valence electrons. The highest BCUT2D eigenvalue weighted by Crippen LogP contribution is 2.39. The van der Waals surface area contributed by atoms with E-state index in [1.165, 1.54) is 31.4 Å². The number of ether oxygens (including phenoxy) is 1. The van der Waals surface area contributed by atoms with Crippen molar-refractivity contribution < 1.29 is 18.3 Å². The third kappa shape index (κ3) is 3.41. The lowest BCUT2D eigenvalue weighted by Crippen LogP contribution is -2.45.